The van der Waals surface area contributed by atoms with Crippen molar-refractivity contribution < 1.29 is 4.79 Å². The van der Waals surface area contributed by atoms with E-state index in [4.69, 9.17) is 5.73 Å². The van der Waals surface area contributed by atoms with Crippen molar-refractivity contribution in [2.45, 2.75) is 51.6 Å². The first-order valence-corrected chi connectivity index (χ1v) is 6.59. The van der Waals surface area contributed by atoms with E-state index >= 15 is 0 Å². The van der Waals surface area contributed by atoms with Crippen LogP contribution >= 0.6 is 0 Å². The van der Waals surface area contributed by atoms with Crippen molar-refractivity contribution in [3.05, 3.63) is 18.7 Å². The minimum Gasteiger partial charge on any atom is -0.355 e. The number of unbranched alkanes of at least 4 members (excludes halogenated alkanes) is 1. The van der Waals surface area contributed by atoms with Gasteiger partial charge in [-0.25, -0.2) is 4.98 Å². The van der Waals surface area contributed by atoms with Crippen molar-refractivity contribution in [1.29, 1.82) is 0 Å². The summed E-state index contributed by atoms with van der Waals surface area (Å²) in [7, 11) is 0. The number of carbonyl (C=O) groups excluding carboxylic acids is 1. The zero-order valence-corrected chi connectivity index (χ0v) is 11.4. The smallest absolute Gasteiger partial charge is 0.239 e. The molecule has 1 amide bonds. The van der Waals surface area contributed by atoms with Gasteiger partial charge in [0.15, 0.2) is 0 Å². The Morgan fingerprint density at radius 1 is 1.50 bits per heavy atom. The quantitative estimate of drug-likeness (QED) is 0.685. The Kier molecular flexibility index (Phi) is 5.85. The first-order chi connectivity index (χ1) is 8.56. The fourth-order valence-corrected chi connectivity index (χ4v) is 1.88. The second kappa shape index (κ2) is 7.16. The summed E-state index contributed by atoms with van der Waals surface area (Å²) in [6, 6.07) is 0. The van der Waals surface area contributed by atoms with Crippen LogP contribution in [-0.2, 0) is 11.3 Å². The van der Waals surface area contributed by atoms with Gasteiger partial charge in [-0.2, -0.15) is 0 Å². The molecule has 0 fully saturated rings. The molecule has 1 aromatic rings. The maximum absolute atomic E-state index is 11.8. The molecule has 1 heterocycles. The predicted molar refractivity (Wildman–Crippen MR) is 72.0 cm³/mol. The fourth-order valence-electron chi connectivity index (χ4n) is 1.88. The summed E-state index contributed by atoms with van der Waals surface area (Å²) in [5.74, 6) is -0.0491. The second-order valence-electron chi connectivity index (χ2n) is 4.93. The Hall–Kier alpha value is -1.36. The maximum atomic E-state index is 11.8. The average molecular weight is 252 g/mol. The lowest BCUT2D eigenvalue weighted by Gasteiger charge is -2.22. The van der Waals surface area contributed by atoms with Gasteiger partial charge in [-0.3, -0.25) is 4.79 Å². The molecule has 102 valence electrons. The lowest BCUT2D eigenvalue weighted by molar-refractivity contribution is -0.126. The minimum atomic E-state index is -0.737. The Balaban J connectivity index is 2.12. The van der Waals surface area contributed by atoms with Crippen LogP contribution in [0.4, 0.5) is 0 Å². The molecule has 1 unspecified atom stereocenters. The first kappa shape index (κ1) is 14.7. The highest BCUT2D eigenvalue weighted by molar-refractivity contribution is 5.85. The molecule has 1 atom stereocenters. The number of nitrogens with zero attached hydrogens (tertiary/aromatic N) is 2. The highest BCUT2D eigenvalue weighted by atomic mass is 16.2. The van der Waals surface area contributed by atoms with Gasteiger partial charge in [0.1, 0.15) is 0 Å². The average Bonchev–Trinajstić information content (AvgIpc) is 2.81. The summed E-state index contributed by atoms with van der Waals surface area (Å²) in [6.45, 7) is 5.44. The molecule has 0 spiro atoms. The number of aryl methyl sites for hydroxylation is 1. The Morgan fingerprint density at radius 3 is 2.89 bits per heavy atom. The Morgan fingerprint density at radius 2 is 2.28 bits per heavy atom. The van der Waals surface area contributed by atoms with Gasteiger partial charge in [0, 0.05) is 25.5 Å². The first-order valence-electron chi connectivity index (χ1n) is 6.59. The fraction of sp³-hybridized carbons (Fsp3) is 0.692. The molecule has 5 heteroatoms. The standard InChI is InChI=1S/C13H24N4O/c1-3-6-13(2,14)12(18)16-7-4-5-9-17-10-8-15-11-17/h8,10-11H,3-7,9,14H2,1-2H3,(H,16,18). The van der Waals surface area contributed by atoms with Crippen LogP contribution < -0.4 is 11.1 Å². The number of imidazole rings is 1. The highest BCUT2D eigenvalue weighted by Gasteiger charge is 2.26. The third-order valence-corrected chi connectivity index (χ3v) is 2.98. The van der Waals surface area contributed by atoms with Crippen molar-refractivity contribution in [2.24, 2.45) is 5.73 Å². The molecule has 18 heavy (non-hydrogen) atoms. The summed E-state index contributed by atoms with van der Waals surface area (Å²) >= 11 is 0. The molecule has 0 aliphatic rings. The molecule has 0 saturated heterocycles. The van der Waals surface area contributed by atoms with E-state index in [9.17, 15) is 4.79 Å². The number of carbonyl (C=O) groups is 1. The minimum absolute atomic E-state index is 0.0491. The molecule has 0 radical (unpaired) electrons. The zero-order chi connectivity index (χ0) is 13.4. The number of nitrogens with one attached hydrogen (secondary N) is 1. The molecule has 0 aliphatic carbocycles. The number of hydrogen-bond donors (Lipinski definition) is 2. The molecular weight excluding hydrogens is 228 g/mol. The monoisotopic (exact) mass is 252 g/mol. The van der Waals surface area contributed by atoms with Gasteiger partial charge in [-0.1, -0.05) is 13.3 Å². The maximum Gasteiger partial charge on any atom is 0.239 e. The summed E-state index contributed by atoms with van der Waals surface area (Å²) in [6.07, 6.45) is 9.12. The lowest BCUT2D eigenvalue weighted by atomic mass is 9.96. The van der Waals surface area contributed by atoms with Gasteiger partial charge in [-0.15, -0.1) is 0 Å². The van der Waals surface area contributed by atoms with E-state index in [1.807, 2.05) is 17.7 Å². The SMILES string of the molecule is CCCC(C)(N)C(=O)NCCCCn1ccnc1. The molecule has 0 bridgehead atoms. The van der Waals surface area contributed by atoms with E-state index in [1.165, 1.54) is 0 Å². The van der Waals surface area contributed by atoms with Crippen molar-refractivity contribution in [3.8, 4) is 0 Å². The van der Waals surface area contributed by atoms with E-state index < -0.39 is 5.54 Å². The van der Waals surface area contributed by atoms with Gasteiger partial charge < -0.3 is 15.6 Å². The van der Waals surface area contributed by atoms with Crippen LogP contribution in [0.3, 0.4) is 0 Å². The molecule has 1 rings (SSSR count). The second-order valence-corrected chi connectivity index (χ2v) is 4.93. The van der Waals surface area contributed by atoms with Crippen LogP contribution in [-0.4, -0.2) is 27.5 Å². The van der Waals surface area contributed by atoms with Gasteiger partial charge in [0.05, 0.1) is 11.9 Å². The van der Waals surface area contributed by atoms with E-state index in [1.54, 1.807) is 19.4 Å². The predicted octanol–water partition coefficient (Wildman–Crippen LogP) is 1.30. The summed E-state index contributed by atoms with van der Waals surface area (Å²) < 4.78 is 2.03. The van der Waals surface area contributed by atoms with Crippen molar-refractivity contribution in [1.82, 2.24) is 14.9 Å². The van der Waals surface area contributed by atoms with Crippen molar-refractivity contribution in [2.75, 3.05) is 6.54 Å². The van der Waals surface area contributed by atoms with Crippen LogP contribution in [0, 0.1) is 0 Å². The molecule has 5 nitrogen and oxygen atoms in total. The molecule has 0 aromatic carbocycles. The molecule has 3 N–H and O–H groups in total. The van der Waals surface area contributed by atoms with Crippen molar-refractivity contribution >= 4 is 5.91 Å². The van der Waals surface area contributed by atoms with Crippen LogP contribution in [0.5, 0.6) is 0 Å². The molecular formula is C13H24N4O. The summed E-state index contributed by atoms with van der Waals surface area (Å²) in [4.78, 5) is 15.8. The number of rotatable bonds is 8. The van der Waals surface area contributed by atoms with Crippen molar-refractivity contribution in [3.63, 3.8) is 0 Å². The van der Waals surface area contributed by atoms with Crippen LogP contribution in [0.15, 0.2) is 18.7 Å². The number of amides is 1. The molecule has 0 aliphatic heterocycles. The largest absolute Gasteiger partial charge is 0.355 e. The summed E-state index contributed by atoms with van der Waals surface area (Å²) in [5, 5.41) is 2.90. The number of aromatic nitrogens is 2. The van der Waals surface area contributed by atoms with Gasteiger partial charge in [-0.05, 0) is 26.2 Å². The highest BCUT2D eigenvalue weighted by Crippen LogP contribution is 2.08. The third kappa shape index (κ3) is 4.87. The Bertz CT molecular complexity index is 346. The van der Waals surface area contributed by atoms with Crippen LogP contribution in [0.25, 0.3) is 0 Å². The zero-order valence-electron chi connectivity index (χ0n) is 11.4. The van der Waals surface area contributed by atoms with Gasteiger partial charge >= 0.3 is 0 Å². The summed E-state index contributed by atoms with van der Waals surface area (Å²) in [5.41, 5.74) is 5.20. The van der Waals surface area contributed by atoms with E-state index in [-0.39, 0.29) is 5.91 Å². The number of nitrogens with two attached hydrogens (primary N) is 1. The van der Waals surface area contributed by atoms with E-state index in [0.29, 0.717) is 13.0 Å². The topological polar surface area (TPSA) is 72.9 Å². The molecule has 0 saturated carbocycles. The Labute approximate surface area is 109 Å². The van der Waals surface area contributed by atoms with E-state index in [2.05, 4.69) is 10.3 Å². The third-order valence-electron chi connectivity index (χ3n) is 2.98. The van der Waals surface area contributed by atoms with E-state index in [0.717, 1.165) is 25.8 Å². The van der Waals surface area contributed by atoms with Gasteiger partial charge in [0.2, 0.25) is 5.91 Å². The van der Waals surface area contributed by atoms with Crippen LogP contribution in [0.1, 0.15) is 39.5 Å². The van der Waals surface area contributed by atoms with Crippen LogP contribution in [0.2, 0.25) is 0 Å². The molecule has 1 aromatic heterocycles. The van der Waals surface area contributed by atoms with Gasteiger partial charge in [0.25, 0.3) is 0 Å². The lowest BCUT2D eigenvalue weighted by Crippen LogP contribution is -2.51. The number of hydrogen-bond acceptors (Lipinski definition) is 3. The normalized spacial score (nSPS) is 14.2.